The minimum Gasteiger partial charge on any atom is -0.314 e. The second-order valence-electron chi connectivity index (χ2n) is 6.71. The number of hydrogen-bond acceptors (Lipinski definition) is 1. The normalized spacial score (nSPS) is 18.3. The Morgan fingerprint density at radius 1 is 1.04 bits per heavy atom. The molecule has 0 N–H and O–H groups in total. The molecule has 1 atom stereocenters. The number of likely N-dealkylation sites (N-methyl/N-ethyl adjacent to an activating group) is 1. The summed E-state index contributed by atoms with van der Waals surface area (Å²) >= 11 is 0. The van der Waals surface area contributed by atoms with Gasteiger partial charge in [0.1, 0.15) is 0 Å². The van der Waals surface area contributed by atoms with Crippen molar-refractivity contribution in [1.29, 1.82) is 0 Å². The molecule has 0 aliphatic carbocycles. The van der Waals surface area contributed by atoms with Gasteiger partial charge in [-0.15, -0.1) is 0 Å². The zero-order valence-corrected chi connectivity index (χ0v) is 18.5. The topological polar surface area (TPSA) is 20.3 Å². The molecule has 4 heteroatoms. The minimum atomic E-state index is 0. The van der Waals surface area contributed by atoms with Crippen molar-refractivity contribution in [3.63, 3.8) is 0 Å². The summed E-state index contributed by atoms with van der Waals surface area (Å²) in [6.45, 7) is 17.0. The number of rotatable bonds is 5. The Hall–Kier alpha value is -0.246. The van der Waals surface area contributed by atoms with Gasteiger partial charge in [-0.3, -0.25) is 4.79 Å². The summed E-state index contributed by atoms with van der Waals surface area (Å²) in [5, 5.41) is 0. The third-order valence-corrected chi connectivity index (χ3v) is 5.63. The molecule has 1 saturated heterocycles. The van der Waals surface area contributed by atoms with Crippen molar-refractivity contribution < 1.29 is 42.0 Å². The molecule has 23 heavy (non-hydrogen) atoms. The molecule has 0 aromatic heterocycles. The van der Waals surface area contributed by atoms with Crippen molar-refractivity contribution in [1.82, 2.24) is 0 Å². The van der Waals surface area contributed by atoms with E-state index in [1.54, 1.807) is 0 Å². The number of anilines is 1. The van der Waals surface area contributed by atoms with Crippen LogP contribution in [0.15, 0.2) is 12.1 Å². The zero-order chi connectivity index (χ0) is 16.5. The third-order valence-electron chi connectivity index (χ3n) is 5.63. The zero-order valence-electron chi connectivity index (χ0n) is 15.6. The maximum Gasteiger partial charge on any atom is 0.285 e. The van der Waals surface area contributed by atoms with Crippen LogP contribution in [0.2, 0.25) is 0 Å². The van der Waals surface area contributed by atoms with E-state index in [4.69, 9.17) is 0 Å². The molecule has 0 saturated carbocycles. The fourth-order valence-corrected chi connectivity index (χ4v) is 4.33. The molecule has 1 aliphatic heterocycles. The van der Waals surface area contributed by atoms with Gasteiger partial charge in [0.05, 0.1) is 19.6 Å². The molecule has 1 heterocycles. The van der Waals surface area contributed by atoms with Gasteiger partial charge >= 0.3 is 0 Å². The maximum atomic E-state index is 13.1. The molecule has 1 aromatic carbocycles. The number of nitrogens with zero attached hydrogens (tertiary/aromatic N) is 2. The molecular formula is C19H31N2OY+. The largest absolute Gasteiger partial charge is 0.314 e. The standard InChI is InChI=1S/C19H31N2O.Y/c1-7-21(8-2,9-3)17-10-11-20(19(17)22)18-15(5)12-14(4)13-16(18)6;/h12-13,17H,7-11H2,1-6H3;/q+1;. The van der Waals surface area contributed by atoms with Crippen LogP contribution in [0.25, 0.3) is 0 Å². The first-order valence-electron chi connectivity index (χ1n) is 8.65. The summed E-state index contributed by atoms with van der Waals surface area (Å²) < 4.78 is 0.916. The summed E-state index contributed by atoms with van der Waals surface area (Å²) in [7, 11) is 0. The predicted octanol–water partition coefficient (Wildman–Crippen LogP) is 3.59. The molecule has 1 aromatic rings. The van der Waals surface area contributed by atoms with Gasteiger partial charge in [-0.2, -0.15) is 0 Å². The van der Waals surface area contributed by atoms with Gasteiger partial charge < -0.3 is 9.38 Å². The molecule has 125 valence electrons. The summed E-state index contributed by atoms with van der Waals surface area (Å²) in [6.07, 6.45) is 0.973. The van der Waals surface area contributed by atoms with Crippen LogP contribution in [0.1, 0.15) is 43.9 Å². The SMILES string of the molecule is CC[N+](CC)(CC)C1CCN(c2c(C)cc(C)cc2C)C1=O.[Y]. The number of aryl methyl sites for hydroxylation is 3. The molecule has 1 amide bonds. The Bertz CT molecular complexity index is 535. The molecule has 1 fully saturated rings. The first-order chi connectivity index (χ1) is 10.4. The predicted molar refractivity (Wildman–Crippen MR) is 93.3 cm³/mol. The fourth-order valence-electron chi connectivity index (χ4n) is 4.33. The van der Waals surface area contributed by atoms with Gasteiger partial charge in [0.25, 0.3) is 5.91 Å². The molecular weight excluding hydrogens is 361 g/mol. The van der Waals surface area contributed by atoms with Crippen LogP contribution in [-0.4, -0.2) is 42.6 Å². The minimum absolute atomic E-state index is 0. The van der Waals surface area contributed by atoms with Gasteiger partial charge in [-0.05, 0) is 52.7 Å². The average molecular weight is 392 g/mol. The second-order valence-corrected chi connectivity index (χ2v) is 6.71. The van der Waals surface area contributed by atoms with E-state index in [1.165, 1.54) is 16.7 Å². The van der Waals surface area contributed by atoms with Crippen molar-refractivity contribution in [3.8, 4) is 0 Å². The van der Waals surface area contributed by atoms with Crippen LogP contribution in [0.3, 0.4) is 0 Å². The summed E-state index contributed by atoms with van der Waals surface area (Å²) in [6, 6.07) is 4.50. The summed E-state index contributed by atoms with van der Waals surface area (Å²) in [4.78, 5) is 15.2. The first-order valence-corrected chi connectivity index (χ1v) is 8.65. The summed E-state index contributed by atoms with van der Waals surface area (Å²) in [5.41, 5.74) is 4.84. The van der Waals surface area contributed by atoms with Crippen LogP contribution in [0.5, 0.6) is 0 Å². The van der Waals surface area contributed by atoms with E-state index >= 15 is 0 Å². The summed E-state index contributed by atoms with van der Waals surface area (Å²) in [5.74, 6) is 0.320. The fraction of sp³-hybridized carbons (Fsp3) is 0.632. The van der Waals surface area contributed by atoms with Crippen molar-refractivity contribution in [2.75, 3.05) is 31.1 Å². The number of amides is 1. The van der Waals surface area contributed by atoms with Crippen molar-refractivity contribution in [2.24, 2.45) is 0 Å². The van der Waals surface area contributed by atoms with E-state index in [9.17, 15) is 4.79 Å². The number of benzene rings is 1. The molecule has 0 spiro atoms. The quantitative estimate of drug-likeness (QED) is 0.702. The Morgan fingerprint density at radius 3 is 1.96 bits per heavy atom. The van der Waals surface area contributed by atoms with Crippen molar-refractivity contribution >= 4 is 11.6 Å². The first kappa shape index (κ1) is 20.8. The second kappa shape index (κ2) is 8.22. The molecule has 1 unspecified atom stereocenters. The van der Waals surface area contributed by atoms with Gasteiger partial charge in [0.15, 0.2) is 6.04 Å². The monoisotopic (exact) mass is 392 g/mol. The van der Waals surface area contributed by atoms with Crippen LogP contribution in [0.4, 0.5) is 5.69 Å². The van der Waals surface area contributed by atoms with E-state index in [2.05, 4.69) is 53.7 Å². The van der Waals surface area contributed by atoms with E-state index in [1.807, 2.05) is 4.90 Å². The van der Waals surface area contributed by atoms with Crippen molar-refractivity contribution in [3.05, 3.63) is 28.8 Å². The average Bonchev–Trinajstić information content (AvgIpc) is 2.84. The number of hydrogen-bond donors (Lipinski definition) is 0. The van der Waals surface area contributed by atoms with E-state index < -0.39 is 0 Å². The van der Waals surface area contributed by atoms with Gasteiger partial charge in [-0.25, -0.2) is 0 Å². The maximum absolute atomic E-state index is 13.1. The van der Waals surface area contributed by atoms with E-state index in [0.29, 0.717) is 5.91 Å². The third kappa shape index (κ3) is 3.72. The van der Waals surface area contributed by atoms with Crippen LogP contribution in [-0.2, 0) is 37.5 Å². The molecule has 0 bridgehead atoms. The van der Waals surface area contributed by atoms with Gasteiger partial charge in [-0.1, -0.05) is 17.7 Å². The Labute approximate surface area is 166 Å². The number of carbonyl (C=O) groups is 1. The van der Waals surface area contributed by atoms with E-state index in [-0.39, 0.29) is 38.8 Å². The molecule has 3 nitrogen and oxygen atoms in total. The molecule has 1 aliphatic rings. The number of quaternary nitrogens is 1. The Morgan fingerprint density at radius 2 is 1.52 bits per heavy atom. The van der Waals surface area contributed by atoms with Gasteiger partial charge in [0.2, 0.25) is 0 Å². The van der Waals surface area contributed by atoms with Crippen LogP contribution >= 0.6 is 0 Å². The Kier molecular flexibility index (Phi) is 7.44. The molecule has 2 rings (SSSR count). The van der Waals surface area contributed by atoms with Crippen LogP contribution in [0, 0.1) is 20.8 Å². The van der Waals surface area contributed by atoms with E-state index in [0.717, 1.165) is 42.8 Å². The van der Waals surface area contributed by atoms with Crippen molar-refractivity contribution in [2.45, 2.75) is 54.0 Å². The molecule has 1 radical (unpaired) electrons. The smallest absolute Gasteiger partial charge is 0.285 e. The Balaban J connectivity index is 0.00000264. The van der Waals surface area contributed by atoms with Gasteiger partial charge in [0, 0.05) is 51.4 Å². The number of carbonyl (C=O) groups excluding carboxylic acids is 1. The van der Waals surface area contributed by atoms with Crippen LogP contribution < -0.4 is 4.90 Å².